The molecule has 0 radical (unpaired) electrons. The summed E-state index contributed by atoms with van der Waals surface area (Å²) in [5.41, 5.74) is 0.483. The minimum Gasteiger partial charge on any atom is -0.493 e. The fraction of sp³-hybridized carbons (Fsp3) is 0.211. The van der Waals surface area contributed by atoms with E-state index < -0.39 is 17.1 Å². The van der Waals surface area contributed by atoms with Gasteiger partial charge >= 0.3 is 0 Å². The number of imide groups is 1. The Labute approximate surface area is 175 Å². The topological polar surface area (TPSA) is 98.1 Å². The van der Waals surface area contributed by atoms with Crippen molar-refractivity contribution in [1.29, 1.82) is 0 Å². The molecule has 0 saturated carbocycles. The lowest BCUT2D eigenvalue weighted by Gasteiger charge is -2.12. The summed E-state index contributed by atoms with van der Waals surface area (Å²) in [7, 11) is 2.96. The van der Waals surface area contributed by atoms with Crippen LogP contribution in [0.4, 0.5) is 4.79 Å². The van der Waals surface area contributed by atoms with E-state index >= 15 is 0 Å². The number of benzene rings is 1. The van der Waals surface area contributed by atoms with Crippen LogP contribution in [0.25, 0.3) is 6.08 Å². The molecule has 0 aliphatic carbocycles. The fourth-order valence-corrected chi connectivity index (χ4v) is 3.59. The van der Waals surface area contributed by atoms with E-state index in [4.69, 9.17) is 25.5 Å². The second-order valence-corrected chi connectivity index (χ2v) is 7.25. The zero-order valence-electron chi connectivity index (χ0n) is 15.6. The van der Waals surface area contributed by atoms with Crippen molar-refractivity contribution >= 4 is 46.5 Å². The average molecular weight is 437 g/mol. The van der Waals surface area contributed by atoms with Crippen molar-refractivity contribution in [2.24, 2.45) is 0 Å². The largest absolute Gasteiger partial charge is 0.493 e. The summed E-state index contributed by atoms with van der Waals surface area (Å²) in [5.74, 6) is 0.388. The fourth-order valence-electron chi connectivity index (χ4n) is 2.56. The molecular weight excluding hydrogens is 420 g/mol. The van der Waals surface area contributed by atoms with Crippen LogP contribution in [0.1, 0.15) is 11.3 Å². The molecule has 29 heavy (non-hydrogen) atoms. The van der Waals surface area contributed by atoms with Gasteiger partial charge in [-0.25, -0.2) is 0 Å². The number of ether oxygens (including phenoxy) is 2. The van der Waals surface area contributed by atoms with Crippen LogP contribution < -0.4 is 14.8 Å². The Kier molecular flexibility index (Phi) is 6.50. The molecule has 8 nitrogen and oxygen atoms in total. The normalized spacial score (nSPS) is 15.1. The van der Waals surface area contributed by atoms with E-state index in [-0.39, 0.29) is 18.0 Å². The van der Waals surface area contributed by atoms with Gasteiger partial charge in [-0.3, -0.25) is 19.3 Å². The van der Waals surface area contributed by atoms with Gasteiger partial charge in [0.15, 0.2) is 11.5 Å². The Hall–Kier alpha value is -2.91. The average Bonchev–Trinajstić information content (AvgIpc) is 3.31. The number of nitrogens with one attached hydrogen (secondary N) is 1. The summed E-state index contributed by atoms with van der Waals surface area (Å²) in [6, 6.07) is 6.56. The van der Waals surface area contributed by atoms with Gasteiger partial charge in [0.1, 0.15) is 12.3 Å². The lowest BCUT2D eigenvalue weighted by Crippen LogP contribution is -2.39. The number of carbonyl (C=O) groups is 3. The molecular formula is C19H17ClN2O6S. The molecule has 0 bridgehead atoms. The first kappa shape index (κ1) is 20.8. The second kappa shape index (κ2) is 9.06. The highest BCUT2D eigenvalue weighted by atomic mass is 35.5. The molecule has 1 aromatic heterocycles. The van der Waals surface area contributed by atoms with Crippen molar-refractivity contribution < 1.29 is 28.3 Å². The molecule has 0 unspecified atom stereocenters. The highest BCUT2D eigenvalue weighted by molar-refractivity contribution is 8.18. The first-order valence-corrected chi connectivity index (χ1v) is 9.58. The smallest absolute Gasteiger partial charge is 0.294 e. The van der Waals surface area contributed by atoms with Gasteiger partial charge in [-0.2, -0.15) is 0 Å². The molecule has 1 fully saturated rings. The summed E-state index contributed by atoms with van der Waals surface area (Å²) in [5, 5.41) is 2.38. The van der Waals surface area contributed by atoms with Crippen LogP contribution >= 0.6 is 23.4 Å². The van der Waals surface area contributed by atoms with E-state index in [2.05, 4.69) is 5.32 Å². The molecule has 152 valence electrons. The number of halogens is 1. The molecule has 3 amide bonds. The predicted molar refractivity (Wildman–Crippen MR) is 108 cm³/mol. The highest BCUT2D eigenvalue weighted by Gasteiger charge is 2.36. The van der Waals surface area contributed by atoms with Crippen molar-refractivity contribution in [2.45, 2.75) is 6.54 Å². The van der Waals surface area contributed by atoms with Gasteiger partial charge in [-0.15, -0.1) is 0 Å². The van der Waals surface area contributed by atoms with Gasteiger partial charge in [-0.05, 0) is 41.6 Å². The maximum absolute atomic E-state index is 12.6. The Morgan fingerprint density at radius 3 is 2.66 bits per heavy atom. The minimum atomic E-state index is -0.570. The number of carbonyl (C=O) groups excluding carboxylic acids is 3. The summed E-state index contributed by atoms with van der Waals surface area (Å²) in [6.45, 7) is -0.221. The number of hydrogen-bond acceptors (Lipinski definition) is 7. The summed E-state index contributed by atoms with van der Waals surface area (Å²) in [6.07, 6.45) is 2.97. The van der Waals surface area contributed by atoms with E-state index in [1.807, 2.05) is 0 Å². The quantitative estimate of drug-likeness (QED) is 0.665. The molecule has 3 rings (SSSR count). The van der Waals surface area contributed by atoms with Crippen molar-refractivity contribution in [3.05, 3.63) is 51.8 Å². The Balaban J connectivity index is 1.72. The van der Waals surface area contributed by atoms with Crippen LogP contribution in [-0.2, 0) is 16.1 Å². The van der Waals surface area contributed by atoms with E-state index in [1.165, 1.54) is 26.6 Å². The van der Waals surface area contributed by atoms with Gasteiger partial charge in [0, 0.05) is 6.07 Å². The number of rotatable bonds is 7. The Bertz CT molecular complexity index is 973. The zero-order valence-corrected chi connectivity index (χ0v) is 17.1. The second-order valence-electron chi connectivity index (χ2n) is 5.85. The standard InChI is InChI=1S/C19H17ClN2O6S/c1-26-14-6-11(13(20)8-15(14)27-2)7-16-18(24)22(19(25)29-16)10-17(23)21-9-12-4-3-5-28-12/h3-8H,9-10H2,1-2H3,(H,21,23)/b16-7-. The zero-order chi connectivity index (χ0) is 21.0. The van der Waals surface area contributed by atoms with Crippen LogP contribution in [0.2, 0.25) is 5.02 Å². The molecule has 10 heteroatoms. The van der Waals surface area contributed by atoms with Crippen molar-refractivity contribution in [2.75, 3.05) is 20.8 Å². The van der Waals surface area contributed by atoms with Gasteiger partial charge in [0.2, 0.25) is 5.91 Å². The van der Waals surface area contributed by atoms with Crippen LogP contribution in [0.15, 0.2) is 39.9 Å². The molecule has 1 saturated heterocycles. The van der Waals surface area contributed by atoms with E-state index in [1.54, 1.807) is 24.3 Å². The molecule has 2 aromatic rings. The maximum atomic E-state index is 12.6. The molecule has 1 aliphatic heterocycles. The molecule has 0 atom stereocenters. The number of nitrogens with zero attached hydrogens (tertiary/aromatic N) is 1. The van der Waals surface area contributed by atoms with Gasteiger partial charge in [0.25, 0.3) is 11.1 Å². The Morgan fingerprint density at radius 1 is 1.28 bits per heavy atom. The third-order valence-corrected chi connectivity index (χ3v) is 5.24. The van der Waals surface area contributed by atoms with Gasteiger partial charge < -0.3 is 19.2 Å². The van der Waals surface area contributed by atoms with Gasteiger partial charge in [0.05, 0.1) is 37.0 Å². The lowest BCUT2D eigenvalue weighted by molar-refractivity contribution is -0.129. The first-order valence-electron chi connectivity index (χ1n) is 8.39. The summed E-state index contributed by atoms with van der Waals surface area (Å²) < 4.78 is 15.5. The molecule has 0 spiro atoms. The molecule has 1 N–H and O–H groups in total. The van der Waals surface area contributed by atoms with Crippen LogP contribution in [0, 0.1) is 0 Å². The monoisotopic (exact) mass is 436 g/mol. The summed E-state index contributed by atoms with van der Waals surface area (Å²) in [4.78, 5) is 37.9. The molecule has 1 aromatic carbocycles. The van der Waals surface area contributed by atoms with Crippen LogP contribution in [0.3, 0.4) is 0 Å². The Morgan fingerprint density at radius 2 is 2.00 bits per heavy atom. The van der Waals surface area contributed by atoms with E-state index in [0.717, 1.165) is 16.7 Å². The number of thioether (sulfide) groups is 1. The number of furan rings is 1. The van der Waals surface area contributed by atoms with Crippen LogP contribution in [-0.4, -0.2) is 42.7 Å². The number of amides is 3. The van der Waals surface area contributed by atoms with Crippen molar-refractivity contribution in [3.63, 3.8) is 0 Å². The third-order valence-electron chi connectivity index (χ3n) is 4.00. The first-order chi connectivity index (χ1) is 13.9. The predicted octanol–water partition coefficient (Wildman–Crippen LogP) is 3.30. The van der Waals surface area contributed by atoms with Crippen molar-refractivity contribution in [1.82, 2.24) is 10.2 Å². The highest BCUT2D eigenvalue weighted by Crippen LogP contribution is 2.37. The van der Waals surface area contributed by atoms with E-state index in [9.17, 15) is 14.4 Å². The number of methoxy groups -OCH3 is 2. The SMILES string of the molecule is COc1cc(Cl)c(/C=C2\SC(=O)N(CC(=O)NCc3ccco3)C2=O)cc1OC. The van der Waals surface area contributed by atoms with Gasteiger partial charge in [-0.1, -0.05) is 11.6 Å². The van der Waals surface area contributed by atoms with E-state index in [0.29, 0.717) is 27.8 Å². The summed E-state index contributed by atoms with van der Waals surface area (Å²) >= 11 is 6.97. The lowest BCUT2D eigenvalue weighted by atomic mass is 10.1. The van der Waals surface area contributed by atoms with Crippen molar-refractivity contribution in [3.8, 4) is 11.5 Å². The minimum absolute atomic E-state index is 0.156. The molecule has 2 heterocycles. The van der Waals surface area contributed by atoms with Crippen LogP contribution in [0.5, 0.6) is 11.5 Å². The molecule has 1 aliphatic rings. The third kappa shape index (κ3) is 4.75. The maximum Gasteiger partial charge on any atom is 0.294 e. The number of hydrogen-bond donors (Lipinski definition) is 1.